The van der Waals surface area contributed by atoms with Crippen molar-refractivity contribution in [3.8, 4) is 0 Å². The van der Waals surface area contributed by atoms with Gasteiger partial charge in [-0.3, -0.25) is 4.40 Å². The van der Waals surface area contributed by atoms with Crippen molar-refractivity contribution in [1.29, 1.82) is 0 Å². The topological polar surface area (TPSA) is 63.3 Å². The standard InChI is InChI=1S/C16H15F3N4OS/c1-8-2-3-11-12(4-8)23-13(21-22-15(23)16(17,18)19)14(20-11)25-7-10-5-9(10)6-24/h2-4,9-10,24H,5-7H2,1H3/t9-,10+/m1/s1. The second kappa shape index (κ2) is 5.84. The van der Waals surface area contributed by atoms with E-state index in [4.69, 9.17) is 5.11 Å². The molecule has 1 aliphatic rings. The molecule has 0 unspecified atom stereocenters. The minimum absolute atomic E-state index is 0.122. The van der Waals surface area contributed by atoms with Gasteiger partial charge in [0.1, 0.15) is 5.03 Å². The molecule has 2 aromatic heterocycles. The maximum absolute atomic E-state index is 13.4. The highest BCUT2D eigenvalue weighted by molar-refractivity contribution is 7.99. The summed E-state index contributed by atoms with van der Waals surface area (Å²) in [4.78, 5) is 4.50. The van der Waals surface area contributed by atoms with Crippen LogP contribution in [0.25, 0.3) is 16.7 Å². The number of hydrogen-bond acceptors (Lipinski definition) is 5. The van der Waals surface area contributed by atoms with Crippen LogP contribution in [0.5, 0.6) is 0 Å². The Morgan fingerprint density at radius 1 is 1.28 bits per heavy atom. The molecule has 1 aromatic carbocycles. The van der Waals surface area contributed by atoms with Gasteiger partial charge < -0.3 is 5.11 Å². The van der Waals surface area contributed by atoms with E-state index in [2.05, 4.69) is 15.2 Å². The molecule has 1 saturated carbocycles. The number of hydrogen-bond donors (Lipinski definition) is 1. The van der Waals surface area contributed by atoms with Gasteiger partial charge in [-0.1, -0.05) is 6.07 Å². The first kappa shape index (κ1) is 16.6. The fourth-order valence-electron chi connectivity index (χ4n) is 2.92. The number of thioether (sulfide) groups is 1. The average molecular weight is 368 g/mol. The van der Waals surface area contributed by atoms with Crippen LogP contribution in [0.2, 0.25) is 0 Å². The SMILES string of the molecule is Cc1ccc2nc(SC[C@@H]3C[C@@H]3CO)c3nnc(C(F)(F)F)n3c2c1. The van der Waals surface area contributed by atoms with Gasteiger partial charge in [0.2, 0.25) is 5.82 Å². The Balaban J connectivity index is 1.85. The third-order valence-corrected chi connectivity index (χ3v) is 5.58. The lowest BCUT2D eigenvalue weighted by Crippen LogP contribution is -2.12. The molecule has 132 valence electrons. The van der Waals surface area contributed by atoms with Crippen LogP contribution in [0.1, 0.15) is 17.8 Å². The average Bonchev–Trinajstić information content (AvgIpc) is 3.16. The highest BCUT2D eigenvalue weighted by Gasteiger charge is 2.39. The monoisotopic (exact) mass is 368 g/mol. The van der Waals surface area contributed by atoms with Crippen LogP contribution in [0.15, 0.2) is 23.2 Å². The van der Waals surface area contributed by atoms with E-state index in [-0.39, 0.29) is 18.2 Å². The minimum Gasteiger partial charge on any atom is -0.396 e. The molecule has 0 bridgehead atoms. The highest BCUT2D eigenvalue weighted by atomic mass is 32.2. The van der Waals surface area contributed by atoms with Crippen molar-refractivity contribution in [1.82, 2.24) is 19.6 Å². The van der Waals surface area contributed by atoms with Gasteiger partial charge in [-0.25, -0.2) is 4.98 Å². The van der Waals surface area contributed by atoms with Crippen LogP contribution in [0.3, 0.4) is 0 Å². The number of halogens is 3. The number of alkyl halides is 3. The molecule has 0 radical (unpaired) electrons. The van der Waals surface area contributed by atoms with Gasteiger partial charge >= 0.3 is 6.18 Å². The van der Waals surface area contributed by atoms with Crippen molar-refractivity contribution in [2.24, 2.45) is 11.8 Å². The summed E-state index contributed by atoms with van der Waals surface area (Å²) < 4.78 is 41.1. The van der Waals surface area contributed by atoms with E-state index in [0.717, 1.165) is 16.4 Å². The normalized spacial score (nSPS) is 20.5. The predicted octanol–water partition coefficient (Wildman–Crippen LogP) is 3.33. The molecule has 0 amide bonds. The Hall–Kier alpha value is -1.87. The Bertz CT molecular complexity index is 956. The first-order chi connectivity index (χ1) is 11.9. The maximum Gasteiger partial charge on any atom is 0.452 e. The van der Waals surface area contributed by atoms with Gasteiger partial charge in [0.25, 0.3) is 0 Å². The number of benzene rings is 1. The zero-order valence-corrected chi connectivity index (χ0v) is 14.1. The minimum atomic E-state index is -4.60. The molecule has 25 heavy (non-hydrogen) atoms. The summed E-state index contributed by atoms with van der Waals surface area (Å²) in [6.07, 6.45) is -3.66. The highest BCUT2D eigenvalue weighted by Crippen LogP contribution is 2.42. The third-order valence-electron chi connectivity index (χ3n) is 4.44. The molecular weight excluding hydrogens is 353 g/mol. The van der Waals surface area contributed by atoms with E-state index in [1.54, 1.807) is 12.1 Å². The first-order valence-corrected chi connectivity index (χ1v) is 8.83. The summed E-state index contributed by atoms with van der Waals surface area (Å²) in [5.41, 5.74) is 1.77. The molecule has 0 saturated heterocycles. The molecule has 1 N–H and O–H groups in total. The Morgan fingerprint density at radius 3 is 2.76 bits per heavy atom. The van der Waals surface area contributed by atoms with Crippen LogP contribution in [0, 0.1) is 18.8 Å². The van der Waals surface area contributed by atoms with E-state index < -0.39 is 12.0 Å². The van der Waals surface area contributed by atoms with Crippen LogP contribution >= 0.6 is 11.8 Å². The van der Waals surface area contributed by atoms with Crippen molar-refractivity contribution in [2.75, 3.05) is 12.4 Å². The first-order valence-electron chi connectivity index (χ1n) is 7.85. The van der Waals surface area contributed by atoms with Crippen LogP contribution in [0.4, 0.5) is 13.2 Å². The summed E-state index contributed by atoms with van der Waals surface area (Å²) in [5.74, 6) is 0.312. The molecular formula is C16H15F3N4OS. The van der Waals surface area contributed by atoms with E-state index in [1.807, 2.05) is 13.0 Å². The second-order valence-electron chi connectivity index (χ2n) is 6.34. The number of aliphatic hydroxyl groups is 1. The van der Waals surface area contributed by atoms with Crippen LogP contribution in [-0.4, -0.2) is 37.0 Å². The van der Waals surface area contributed by atoms with Gasteiger partial charge in [0, 0.05) is 12.4 Å². The molecule has 4 rings (SSSR count). The van der Waals surface area contributed by atoms with Crippen molar-refractivity contribution >= 4 is 28.4 Å². The molecule has 2 heterocycles. The number of rotatable bonds is 4. The Kier molecular flexibility index (Phi) is 3.88. The molecule has 5 nitrogen and oxygen atoms in total. The lowest BCUT2D eigenvalue weighted by molar-refractivity contribution is -0.145. The Morgan fingerprint density at radius 2 is 2.08 bits per heavy atom. The summed E-state index contributed by atoms with van der Waals surface area (Å²) in [6, 6.07) is 5.18. The van der Waals surface area contributed by atoms with Crippen molar-refractivity contribution in [3.05, 3.63) is 29.6 Å². The van der Waals surface area contributed by atoms with Gasteiger partial charge in [-0.15, -0.1) is 22.0 Å². The number of aliphatic hydroxyl groups excluding tert-OH is 1. The smallest absolute Gasteiger partial charge is 0.396 e. The zero-order chi connectivity index (χ0) is 17.8. The third kappa shape index (κ3) is 2.95. The summed E-state index contributed by atoms with van der Waals surface area (Å²) in [7, 11) is 0. The molecule has 3 aromatic rings. The second-order valence-corrected chi connectivity index (χ2v) is 7.35. The molecule has 1 aliphatic carbocycles. The largest absolute Gasteiger partial charge is 0.452 e. The van der Waals surface area contributed by atoms with Gasteiger partial charge in [-0.05, 0) is 42.9 Å². The van der Waals surface area contributed by atoms with Crippen LogP contribution < -0.4 is 0 Å². The molecule has 9 heteroatoms. The zero-order valence-electron chi connectivity index (χ0n) is 13.3. The van der Waals surface area contributed by atoms with Gasteiger partial charge in [-0.2, -0.15) is 13.2 Å². The van der Waals surface area contributed by atoms with Gasteiger partial charge in [0.05, 0.1) is 11.0 Å². The Labute approximate surface area is 145 Å². The fraction of sp³-hybridized carbons (Fsp3) is 0.438. The van der Waals surface area contributed by atoms with Crippen molar-refractivity contribution in [3.63, 3.8) is 0 Å². The van der Waals surface area contributed by atoms with Gasteiger partial charge in [0.15, 0.2) is 5.65 Å². The fourth-order valence-corrected chi connectivity index (χ4v) is 4.13. The molecule has 2 atom stereocenters. The lowest BCUT2D eigenvalue weighted by atomic mass is 10.2. The summed E-state index contributed by atoms with van der Waals surface area (Å²) in [5, 5.41) is 16.7. The number of fused-ring (bicyclic) bond motifs is 3. The van der Waals surface area contributed by atoms with Crippen molar-refractivity contribution < 1.29 is 18.3 Å². The van der Waals surface area contributed by atoms with Crippen LogP contribution in [-0.2, 0) is 6.18 Å². The quantitative estimate of drug-likeness (QED) is 0.716. The number of nitrogens with zero attached hydrogens (tertiary/aromatic N) is 4. The van der Waals surface area contributed by atoms with E-state index in [9.17, 15) is 13.2 Å². The molecule has 0 spiro atoms. The maximum atomic E-state index is 13.4. The van der Waals surface area contributed by atoms with Crippen molar-refractivity contribution in [2.45, 2.75) is 24.5 Å². The van der Waals surface area contributed by atoms with E-state index >= 15 is 0 Å². The predicted molar refractivity (Wildman–Crippen MR) is 87.4 cm³/mol. The lowest BCUT2D eigenvalue weighted by Gasteiger charge is -2.10. The van der Waals surface area contributed by atoms with E-state index in [0.29, 0.717) is 27.7 Å². The number of aromatic nitrogens is 4. The summed E-state index contributed by atoms with van der Waals surface area (Å²) >= 11 is 1.37. The summed E-state index contributed by atoms with van der Waals surface area (Å²) in [6.45, 7) is 1.96. The molecule has 1 fully saturated rings. The van der Waals surface area contributed by atoms with E-state index in [1.165, 1.54) is 11.8 Å². The number of aryl methyl sites for hydroxylation is 1. The molecule has 0 aliphatic heterocycles.